The molecule has 1 aromatic heterocycles. The molecule has 1 heterocycles. The lowest BCUT2D eigenvalue weighted by atomic mass is 10.2. The Morgan fingerprint density at radius 1 is 1.21 bits per heavy atom. The molecule has 0 atom stereocenters. The smallest absolute Gasteiger partial charge is 0.219 e. The average molecular weight is 260 g/mol. The molecule has 2 rings (SSSR count). The minimum Gasteiger partial charge on any atom is -0.436 e. The van der Waals surface area contributed by atoms with Gasteiger partial charge in [-0.25, -0.2) is 9.37 Å². The van der Waals surface area contributed by atoms with E-state index in [1.807, 2.05) is 6.07 Å². The van der Waals surface area contributed by atoms with E-state index in [0.29, 0.717) is 5.56 Å². The number of nitriles is 1. The van der Waals surface area contributed by atoms with Gasteiger partial charge in [0.05, 0.1) is 11.1 Å². The second-order valence-electron chi connectivity index (χ2n) is 3.50. The number of benzene rings is 1. The van der Waals surface area contributed by atoms with Gasteiger partial charge in [-0.05, 0) is 18.2 Å². The van der Waals surface area contributed by atoms with E-state index in [1.54, 1.807) is 0 Å². The minimum absolute atomic E-state index is 0.0103. The fraction of sp³-hybridized carbons (Fsp3) is 0. The molecule has 19 heavy (non-hydrogen) atoms. The van der Waals surface area contributed by atoms with Gasteiger partial charge in [0.1, 0.15) is 6.07 Å². The number of halogens is 2. The van der Waals surface area contributed by atoms with Crippen molar-refractivity contribution >= 4 is 6.29 Å². The molecular weight excluding hydrogens is 254 g/mol. The zero-order valence-corrected chi connectivity index (χ0v) is 9.43. The number of ether oxygens (including phenoxy) is 1. The van der Waals surface area contributed by atoms with E-state index in [0.717, 1.165) is 12.1 Å². The van der Waals surface area contributed by atoms with Crippen LogP contribution in [-0.4, -0.2) is 11.3 Å². The molecule has 0 unspecified atom stereocenters. The number of aromatic nitrogens is 1. The Labute approximate surface area is 106 Å². The Kier molecular flexibility index (Phi) is 3.48. The summed E-state index contributed by atoms with van der Waals surface area (Å²) >= 11 is 0. The van der Waals surface area contributed by atoms with Crippen molar-refractivity contribution in [3.8, 4) is 17.7 Å². The van der Waals surface area contributed by atoms with Crippen LogP contribution in [0.3, 0.4) is 0 Å². The van der Waals surface area contributed by atoms with Crippen molar-refractivity contribution in [2.45, 2.75) is 0 Å². The number of rotatable bonds is 3. The summed E-state index contributed by atoms with van der Waals surface area (Å²) in [5.74, 6) is -2.92. The van der Waals surface area contributed by atoms with Crippen molar-refractivity contribution in [1.82, 2.24) is 4.98 Å². The van der Waals surface area contributed by atoms with Crippen LogP contribution in [0, 0.1) is 23.0 Å². The maximum absolute atomic E-state index is 13.5. The molecular formula is C13H6F2N2O2. The van der Waals surface area contributed by atoms with Gasteiger partial charge in [-0.2, -0.15) is 9.65 Å². The Morgan fingerprint density at radius 3 is 2.58 bits per heavy atom. The summed E-state index contributed by atoms with van der Waals surface area (Å²) in [7, 11) is 0. The number of hydrogen-bond acceptors (Lipinski definition) is 4. The molecule has 0 radical (unpaired) electrons. The Hall–Kier alpha value is -2.81. The second kappa shape index (κ2) is 5.23. The predicted octanol–water partition coefficient (Wildman–Crippen LogP) is 2.84. The lowest BCUT2D eigenvalue weighted by Gasteiger charge is -2.06. The summed E-state index contributed by atoms with van der Waals surface area (Å²) in [6.45, 7) is 0. The topological polar surface area (TPSA) is 63.0 Å². The molecule has 0 amide bonds. The summed E-state index contributed by atoms with van der Waals surface area (Å²) in [6.07, 6.45) is 1.45. The fourth-order valence-electron chi connectivity index (χ4n) is 1.34. The van der Waals surface area contributed by atoms with Gasteiger partial charge in [0, 0.05) is 12.3 Å². The molecule has 6 heteroatoms. The van der Waals surface area contributed by atoms with Gasteiger partial charge in [-0.3, -0.25) is 4.79 Å². The third kappa shape index (κ3) is 2.55. The average Bonchev–Trinajstić information content (AvgIpc) is 2.45. The van der Waals surface area contributed by atoms with Gasteiger partial charge < -0.3 is 4.74 Å². The molecule has 0 N–H and O–H groups in total. The van der Waals surface area contributed by atoms with Crippen molar-refractivity contribution in [2.24, 2.45) is 0 Å². The highest BCUT2D eigenvalue weighted by molar-refractivity contribution is 5.75. The van der Waals surface area contributed by atoms with Gasteiger partial charge in [0.15, 0.2) is 17.9 Å². The first kappa shape index (κ1) is 12.6. The number of pyridine rings is 1. The van der Waals surface area contributed by atoms with Crippen LogP contribution >= 0.6 is 0 Å². The number of carbonyl (C=O) groups excluding carboxylic acids is 1. The summed E-state index contributed by atoms with van der Waals surface area (Å²) < 4.78 is 31.9. The lowest BCUT2D eigenvalue weighted by molar-refractivity contribution is 0.111. The monoisotopic (exact) mass is 260 g/mol. The van der Waals surface area contributed by atoms with Crippen LogP contribution in [0.15, 0.2) is 30.5 Å². The Bertz CT molecular complexity index is 664. The van der Waals surface area contributed by atoms with E-state index >= 15 is 0 Å². The van der Waals surface area contributed by atoms with Crippen LogP contribution in [-0.2, 0) is 0 Å². The molecule has 4 nitrogen and oxygen atoms in total. The molecule has 94 valence electrons. The zero-order valence-electron chi connectivity index (χ0n) is 9.43. The molecule has 2 aromatic rings. The van der Waals surface area contributed by atoms with Crippen molar-refractivity contribution in [1.29, 1.82) is 5.26 Å². The molecule has 0 saturated heterocycles. The number of nitrogens with zero attached hydrogens (tertiary/aromatic N) is 2. The van der Waals surface area contributed by atoms with E-state index in [9.17, 15) is 13.6 Å². The van der Waals surface area contributed by atoms with E-state index in [2.05, 4.69) is 4.98 Å². The molecule has 0 spiro atoms. The molecule has 0 aliphatic heterocycles. The van der Waals surface area contributed by atoms with Crippen molar-refractivity contribution in [2.75, 3.05) is 0 Å². The summed E-state index contributed by atoms with van der Waals surface area (Å²) in [6, 6.07) is 6.87. The highest BCUT2D eigenvalue weighted by Gasteiger charge is 2.15. The number of hydrogen-bond donors (Lipinski definition) is 0. The Balaban J connectivity index is 2.31. The molecule has 0 aliphatic rings. The van der Waals surface area contributed by atoms with Gasteiger partial charge in [0.25, 0.3) is 0 Å². The molecule has 0 fully saturated rings. The highest BCUT2D eigenvalue weighted by Crippen LogP contribution is 2.26. The quantitative estimate of drug-likeness (QED) is 0.796. The van der Waals surface area contributed by atoms with Crippen LogP contribution in [0.4, 0.5) is 8.78 Å². The van der Waals surface area contributed by atoms with Crippen molar-refractivity contribution in [3.05, 3.63) is 53.2 Å². The van der Waals surface area contributed by atoms with E-state index in [-0.39, 0.29) is 17.9 Å². The maximum Gasteiger partial charge on any atom is 0.219 e. The van der Waals surface area contributed by atoms with Crippen LogP contribution in [0.25, 0.3) is 0 Å². The third-order valence-electron chi connectivity index (χ3n) is 2.28. The highest BCUT2D eigenvalue weighted by atomic mass is 19.2. The van der Waals surface area contributed by atoms with E-state index < -0.39 is 17.2 Å². The van der Waals surface area contributed by atoms with Crippen LogP contribution in [0.5, 0.6) is 11.6 Å². The summed E-state index contributed by atoms with van der Waals surface area (Å²) in [5.41, 5.74) is -0.0760. The van der Waals surface area contributed by atoms with Gasteiger partial charge in [-0.1, -0.05) is 0 Å². The second-order valence-corrected chi connectivity index (χ2v) is 3.50. The molecule has 0 bridgehead atoms. The maximum atomic E-state index is 13.5. The van der Waals surface area contributed by atoms with Crippen molar-refractivity contribution < 1.29 is 18.3 Å². The summed E-state index contributed by atoms with van der Waals surface area (Å²) in [4.78, 5) is 14.2. The first-order valence-electron chi connectivity index (χ1n) is 5.13. The van der Waals surface area contributed by atoms with Gasteiger partial charge in [-0.15, -0.1) is 0 Å². The number of aldehydes is 1. The predicted molar refractivity (Wildman–Crippen MR) is 60.8 cm³/mol. The van der Waals surface area contributed by atoms with Crippen LogP contribution in [0.2, 0.25) is 0 Å². The largest absolute Gasteiger partial charge is 0.436 e. The zero-order chi connectivity index (χ0) is 13.8. The van der Waals surface area contributed by atoms with Gasteiger partial charge in [0.2, 0.25) is 11.7 Å². The van der Waals surface area contributed by atoms with Crippen LogP contribution < -0.4 is 4.74 Å². The van der Waals surface area contributed by atoms with E-state index in [4.69, 9.17) is 10.00 Å². The molecule has 0 aliphatic carbocycles. The summed E-state index contributed by atoms with van der Waals surface area (Å²) in [5, 5.41) is 8.58. The first-order valence-corrected chi connectivity index (χ1v) is 5.13. The first-order chi connectivity index (χ1) is 9.15. The Morgan fingerprint density at radius 2 is 2.00 bits per heavy atom. The number of carbonyl (C=O) groups is 1. The SMILES string of the molecule is N#Cc1ccc(Oc2ccc(C=O)c(F)c2F)nc1. The minimum atomic E-state index is -1.28. The van der Waals surface area contributed by atoms with Crippen LogP contribution in [0.1, 0.15) is 15.9 Å². The van der Waals surface area contributed by atoms with Gasteiger partial charge >= 0.3 is 0 Å². The van der Waals surface area contributed by atoms with E-state index in [1.165, 1.54) is 18.3 Å². The molecule has 1 aromatic carbocycles. The standard InChI is InChI=1S/C13H6F2N2O2/c14-12-9(7-18)2-3-10(13(12)15)19-11-4-1-8(5-16)6-17-11/h1-4,6-7H. The van der Waals surface area contributed by atoms with Crippen molar-refractivity contribution in [3.63, 3.8) is 0 Å². The third-order valence-corrected chi connectivity index (χ3v) is 2.28. The lowest BCUT2D eigenvalue weighted by Crippen LogP contribution is -1.97. The molecule has 0 saturated carbocycles. The fourth-order valence-corrected chi connectivity index (χ4v) is 1.34. The normalized spacial score (nSPS) is 9.74.